The predicted molar refractivity (Wildman–Crippen MR) is 93.8 cm³/mol. The number of nitrogens with one attached hydrogen (secondary N) is 1. The van der Waals surface area contributed by atoms with Crippen molar-refractivity contribution in [3.05, 3.63) is 71.0 Å². The first-order valence-electron chi connectivity index (χ1n) is 7.17. The Morgan fingerprint density at radius 1 is 1.12 bits per heavy atom. The summed E-state index contributed by atoms with van der Waals surface area (Å²) in [5.41, 5.74) is 0.791. The first-order chi connectivity index (χ1) is 12.0. The van der Waals surface area contributed by atoms with E-state index in [1.165, 1.54) is 24.3 Å². The maximum atomic E-state index is 14.0. The molecule has 1 fully saturated rings. The number of rotatable bonds is 2. The van der Waals surface area contributed by atoms with Crippen molar-refractivity contribution in [2.45, 2.75) is 0 Å². The molecule has 1 aliphatic rings. The molecule has 1 heterocycles. The van der Waals surface area contributed by atoms with Gasteiger partial charge in [0.05, 0.1) is 17.3 Å². The van der Waals surface area contributed by atoms with Crippen LogP contribution in [-0.4, -0.2) is 16.9 Å². The Hall–Kier alpha value is -3.37. The van der Waals surface area contributed by atoms with Crippen LogP contribution in [0.15, 0.2) is 54.1 Å². The fraction of sp³-hybridized carbons (Fsp3) is 0. The molecule has 0 radical (unpaired) electrons. The van der Waals surface area contributed by atoms with E-state index in [-0.39, 0.29) is 16.4 Å². The molecule has 1 N–H and O–H groups in total. The van der Waals surface area contributed by atoms with Gasteiger partial charge in [0.2, 0.25) is 0 Å². The third kappa shape index (κ3) is 3.16. The maximum absolute atomic E-state index is 14.0. The van der Waals surface area contributed by atoms with E-state index in [1.54, 1.807) is 30.3 Å². The van der Waals surface area contributed by atoms with Gasteiger partial charge in [-0.05, 0) is 48.1 Å². The number of hydrogen-bond acceptors (Lipinski definition) is 4. The lowest BCUT2D eigenvalue weighted by molar-refractivity contribution is -0.122. The van der Waals surface area contributed by atoms with Gasteiger partial charge >= 0.3 is 0 Å². The molecule has 0 unspecified atom stereocenters. The van der Waals surface area contributed by atoms with Gasteiger partial charge in [-0.15, -0.1) is 0 Å². The van der Waals surface area contributed by atoms with E-state index in [0.717, 1.165) is 4.90 Å². The molecule has 5 nitrogen and oxygen atoms in total. The summed E-state index contributed by atoms with van der Waals surface area (Å²) >= 11 is 5.02. The number of amides is 2. The van der Waals surface area contributed by atoms with Crippen molar-refractivity contribution in [3.8, 4) is 6.07 Å². The zero-order valence-electron chi connectivity index (χ0n) is 12.7. The molecule has 3 rings (SSSR count). The average molecular weight is 351 g/mol. The largest absolute Gasteiger partial charge is 0.298 e. The monoisotopic (exact) mass is 351 g/mol. The number of thiocarbonyl (C=S) groups is 1. The number of nitrogens with zero attached hydrogens (tertiary/aromatic N) is 2. The zero-order chi connectivity index (χ0) is 18.0. The van der Waals surface area contributed by atoms with Crippen LogP contribution < -0.4 is 10.2 Å². The van der Waals surface area contributed by atoms with Gasteiger partial charge in [-0.25, -0.2) is 9.29 Å². The van der Waals surface area contributed by atoms with Crippen molar-refractivity contribution >= 4 is 40.9 Å². The summed E-state index contributed by atoms with van der Waals surface area (Å²) in [4.78, 5) is 25.8. The van der Waals surface area contributed by atoms with E-state index in [4.69, 9.17) is 17.5 Å². The molecule has 0 aromatic heterocycles. The lowest BCUT2D eigenvalue weighted by Crippen LogP contribution is -2.54. The van der Waals surface area contributed by atoms with Crippen molar-refractivity contribution < 1.29 is 14.0 Å². The molecule has 1 saturated heterocycles. The fourth-order valence-corrected chi connectivity index (χ4v) is 2.60. The van der Waals surface area contributed by atoms with Gasteiger partial charge in [0.25, 0.3) is 11.8 Å². The Bertz CT molecular complexity index is 961. The van der Waals surface area contributed by atoms with E-state index in [9.17, 15) is 14.0 Å². The molecule has 7 heteroatoms. The number of para-hydroxylation sites is 1. The van der Waals surface area contributed by atoms with Crippen LogP contribution in [0.5, 0.6) is 0 Å². The highest BCUT2D eigenvalue weighted by Gasteiger charge is 2.35. The van der Waals surface area contributed by atoms with Crippen molar-refractivity contribution in [1.29, 1.82) is 5.26 Å². The van der Waals surface area contributed by atoms with Crippen molar-refractivity contribution in [2.24, 2.45) is 0 Å². The Morgan fingerprint density at radius 2 is 1.80 bits per heavy atom. The van der Waals surface area contributed by atoms with Crippen LogP contribution in [0.2, 0.25) is 0 Å². The average Bonchev–Trinajstić information content (AvgIpc) is 2.60. The van der Waals surface area contributed by atoms with Gasteiger partial charge < -0.3 is 0 Å². The molecule has 25 heavy (non-hydrogen) atoms. The van der Waals surface area contributed by atoms with Crippen molar-refractivity contribution in [3.63, 3.8) is 0 Å². The molecule has 2 amide bonds. The van der Waals surface area contributed by atoms with Gasteiger partial charge in [0, 0.05) is 0 Å². The second-order valence-electron chi connectivity index (χ2n) is 5.14. The molecule has 0 aliphatic carbocycles. The molecule has 0 bridgehead atoms. The summed E-state index contributed by atoms with van der Waals surface area (Å²) in [5.74, 6) is -2.01. The summed E-state index contributed by atoms with van der Waals surface area (Å²) in [5, 5.41) is 11.0. The van der Waals surface area contributed by atoms with E-state index >= 15 is 0 Å². The summed E-state index contributed by atoms with van der Waals surface area (Å²) in [6.45, 7) is 0. The number of benzene rings is 2. The molecular formula is C18H10FN3O2S. The van der Waals surface area contributed by atoms with Gasteiger partial charge in [0.1, 0.15) is 11.4 Å². The minimum Gasteiger partial charge on any atom is -0.298 e. The van der Waals surface area contributed by atoms with Crippen LogP contribution in [0.4, 0.5) is 10.1 Å². The minimum absolute atomic E-state index is 0.0387. The lowest BCUT2D eigenvalue weighted by atomic mass is 10.1. The van der Waals surface area contributed by atoms with Crippen molar-refractivity contribution in [1.82, 2.24) is 5.32 Å². The SMILES string of the molecule is N#Cc1ccc(/C=C2\C(=O)NC(=S)N(c3ccccc3F)C2=O)cc1. The molecular weight excluding hydrogens is 341 g/mol. The molecule has 1 aliphatic heterocycles. The van der Waals surface area contributed by atoms with Gasteiger partial charge in [-0.1, -0.05) is 24.3 Å². The quantitative estimate of drug-likeness (QED) is 0.513. The van der Waals surface area contributed by atoms with Crippen LogP contribution in [0.1, 0.15) is 11.1 Å². The number of halogens is 1. The first-order valence-corrected chi connectivity index (χ1v) is 7.58. The molecule has 122 valence electrons. The first kappa shape index (κ1) is 16.5. The number of hydrogen-bond donors (Lipinski definition) is 1. The predicted octanol–water partition coefficient (Wildman–Crippen LogP) is 2.53. The van der Waals surface area contributed by atoms with E-state index in [2.05, 4.69) is 5.32 Å². The highest BCUT2D eigenvalue weighted by Crippen LogP contribution is 2.24. The van der Waals surface area contributed by atoms with Gasteiger partial charge in [-0.2, -0.15) is 5.26 Å². The van der Waals surface area contributed by atoms with Crippen molar-refractivity contribution in [2.75, 3.05) is 4.90 Å². The summed E-state index contributed by atoms with van der Waals surface area (Å²) in [6, 6.07) is 14.0. The Morgan fingerprint density at radius 3 is 2.44 bits per heavy atom. The second-order valence-corrected chi connectivity index (χ2v) is 5.53. The topological polar surface area (TPSA) is 73.2 Å². The normalized spacial score (nSPS) is 15.9. The minimum atomic E-state index is -0.719. The number of carbonyl (C=O) groups is 2. The summed E-state index contributed by atoms with van der Waals surface area (Å²) in [7, 11) is 0. The fourth-order valence-electron chi connectivity index (χ4n) is 2.33. The van der Waals surface area contributed by atoms with Gasteiger partial charge in [-0.3, -0.25) is 14.9 Å². The summed E-state index contributed by atoms with van der Waals surface area (Å²) in [6.07, 6.45) is 1.37. The van der Waals surface area contributed by atoms with E-state index in [1.807, 2.05) is 6.07 Å². The van der Waals surface area contributed by atoms with Crippen LogP contribution in [0, 0.1) is 17.1 Å². The Kier molecular flexibility index (Phi) is 4.37. The molecule has 2 aromatic carbocycles. The highest BCUT2D eigenvalue weighted by atomic mass is 32.1. The third-order valence-electron chi connectivity index (χ3n) is 3.55. The number of nitriles is 1. The Labute approximate surface area is 148 Å². The smallest absolute Gasteiger partial charge is 0.270 e. The molecule has 0 atom stereocenters. The maximum Gasteiger partial charge on any atom is 0.270 e. The molecule has 0 saturated carbocycles. The Balaban J connectivity index is 2.02. The summed E-state index contributed by atoms with van der Waals surface area (Å²) < 4.78 is 14.0. The standard InChI is InChI=1S/C18H10FN3O2S/c19-14-3-1-2-4-15(14)22-17(24)13(16(23)21-18(22)25)9-11-5-7-12(10-20)8-6-11/h1-9H,(H,21,23,25)/b13-9+. The van der Waals surface area contributed by atoms with Crippen LogP contribution in [0.25, 0.3) is 6.08 Å². The van der Waals surface area contributed by atoms with E-state index in [0.29, 0.717) is 11.1 Å². The molecule has 2 aromatic rings. The third-order valence-corrected chi connectivity index (χ3v) is 3.83. The zero-order valence-corrected chi connectivity index (χ0v) is 13.5. The highest BCUT2D eigenvalue weighted by molar-refractivity contribution is 7.80. The number of anilines is 1. The number of carbonyl (C=O) groups excluding carboxylic acids is 2. The van der Waals surface area contributed by atoms with Crippen LogP contribution in [0.3, 0.4) is 0 Å². The second kappa shape index (κ2) is 6.63. The lowest BCUT2D eigenvalue weighted by Gasteiger charge is -2.29. The molecule has 0 spiro atoms. The van der Waals surface area contributed by atoms with Crippen LogP contribution in [-0.2, 0) is 9.59 Å². The van der Waals surface area contributed by atoms with Gasteiger partial charge in [0.15, 0.2) is 5.11 Å². The van der Waals surface area contributed by atoms with Crippen LogP contribution >= 0.6 is 12.2 Å². The van der Waals surface area contributed by atoms with E-state index < -0.39 is 17.6 Å².